The third kappa shape index (κ3) is 2.05. The second kappa shape index (κ2) is 4.81. The molecule has 0 aliphatic heterocycles. The Morgan fingerprint density at radius 1 is 1.30 bits per heavy atom. The van der Waals surface area contributed by atoms with Crippen molar-refractivity contribution in [3.05, 3.63) is 59.2 Å². The van der Waals surface area contributed by atoms with Gasteiger partial charge >= 0.3 is 5.97 Å². The molecule has 0 heterocycles. The minimum atomic E-state index is -1.03. The van der Waals surface area contributed by atoms with Crippen LogP contribution in [0, 0.1) is 0 Å². The van der Waals surface area contributed by atoms with Crippen molar-refractivity contribution >= 4 is 23.3 Å². The molecule has 3 rings (SSSR count). The van der Waals surface area contributed by atoms with E-state index in [0.29, 0.717) is 5.71 Å². The van der Waals surface area contributed by atoms with Crippen LogP contribution in [0.15, 0.2) is 53.2 Å². The lowest BCUT2D eigenvalue weighted by atomic mass is 9.96. The predicted octanol–water partition coefficient (Wildman–Crippen LogP) is 2.88. The molecule has 0 amide bonds. The van der Waals surface area contributed by atoms with Gasteiger partial charge in [-0.25, -0.2) is 4.79 Å². The van der Waals surface area contributed by atoms with Crippen LogP contribution in [-0.4, -0.2) is 22.9 Å². The summed E-state index contributed by atoms with van der Waals surface area (Å²) in [5, 5.41) is 12.8. The molecule has 0 saturated carbocycles. The smallest absolute Gasteiger partial charge is 0.347 e. The Bertz CT molecular complexity index is 695. The van der Waals surface area contributed by atoms with Gasteiger partial charge in [0, 0.05) is 5.57 Å². The maximum Gasteiger partial charge on any atom is 0.347 e. The molecule has 1 N–H and O–H groups in total. The summed E-state index contributed by atoms with van der Waals surface area (Å²) in [5.74, 6) is -1.03. The van der Waals surface area contributed by atoms with E-state index in [1.54, 1.807) is 0 Å². The van der Waals surface area contributed by atoms with Gasteiger partial charge in [-0.15, -0.1) is 0 Å². The van der Waals surface area contributed by atoms with Crippen molar-refractivity contribution in [2.45, 2.75) is 13.0 Å². The number of benzene rings is 1. The van der Waals surface area contributed by atoms with Gasteiger partial charge in [0.15, 0.2) is 0 Å². The molecule has 4 nitrogen and oxygen atoms in total. The molecule has 1 aromatic carbocycles. The molecule has 0 aromatic heterocycles. The van der Waals surface area contributed by atoms with Crippen LogP contribution in [0.1, 0.15) is 18.1 Å². The molecule has 20 heavy (non-hydrogen) atoms. The fourth-order valence-electron chi connectivity index (χ4n) is 2.22. The number of oxime groups is 1. The summed E-state index contributed by atoms with van der Waals surface area (Å²) in [6.45, 7) is 1.45. The summed E-state index contributed by atoms with van der Waals surface area (Å²) in [6, 6.07) is 8.08. The molecule has 0 bridgehead atoms. The molecular formula is C16H13NO3. The highest BCUT2D eigenvalue weighted by Gasteiger charge is 2.23. The van der Waals surface area contributed by atoms with E-state index in [1.807, 2.05) is 42.5 Å². The van der Waals surface area contributed by atoms with Gasteiger partial charge < -0.3 is 9.94 Å². The third-order valence-electron chi connectivity index (χ3n) is 3.29. The molecule has 4 heteroatoms. The van der Waals surface area contributed by atoms with E-state index in [1.165, 1.54) is 6.92 Å². The third-order valence-corrected chi connectivity index (χ3v) is 3.29. The maximum atomic E-state index is 10.7. The summed E-state index contributed by atoms with van der Waals surface area (Å²) in [6.07, 6.45) is 6.81. The minimum Gasteiger partial charge on any atom is -0.478 e. The molecule has 0 radical (unpaired) electrons. The highest BCUT2D eigenvalue weighted by atomic mass is 16.6. The fourth-order valence-corrected chi connectivity index (χ4v) is 2.22. The van der Waals surface area contributed by atoms with Gasteiger partial charge in [0.2, 0.25) is 6.10 Å². The molecule has 0 fully saturated rings. The van der Waals surface area contributed by atoms with E-state index in [9.17, 15) is 4.79 Å². The van der Waals surface area contributed by atoms with E-state index in [4.69, 9.17) is 9.94 Å². The number of hydrogen-bond donors (Lipinski definition) is 1. The number of allylic oxidation sites excluding steroid dienone is 5. The Morgan fingerprint density at radius 3 is 2.90 bits per heavy atom. The van der Waals surface area contributed by atoms with Crippen LogP contribution in [0.5, 0.6) is 0 Å². The second-order valence-corrected chi connectivity index (χ2v) is 4.65. The quantitative estimate of drug-likeness (QED) is 0.857. The zero-order chi connectivity index (χ0) is 14.1. The maximum absolute atomic E-state index is 10.7. The van der Waals surface area contributed by atoms with Gasteiger partial charge in [-0.05, 0) is 35.8 Å². The first-order chi connectivity index (χ1) is 9.66. The summed E-state index contributed by atoms with van der Waals surface area (Å²) < 4.78 is 0. The van der Waals surface area contributed by atoms with Gasteiger partial charge in [0.25, 0.3) is 0 Å². The number of carboxylic acids is 1. The summed E-state index contributed by atoms with van der Waals surface area (Å²) in [7, 11) is 0. The summed E-state index contributed by atoms with van der Waals surface area (Å²) in [4.78, 5) is 15.8. The van der Waals surface area contributed by atoms with Crippen LogP contribution in [-0.2, 0) is 9.63 Å². The molecule has 1 aromatic rings. The van der Waals surface area contributed by atoms with Crippen molar-refractivity contribution in [3.8, 4) is 0 Å². The van der Waals surface area contributed by atoms with E-state index in [0.717, 1.165) is 22.3 Å². The monoisotopic (exact) mass is 267 g/mol. The number of aliphatic carboxylic acids is 1. The fraction of sp³-hybridized carbons (Fsp3) is 0.125. The highest BCUT2D eigenvalue weighted by molar-refractivity contribution is 6.25. The summed E-state index contributed by atoms with van der Waals surface area (Å²) in [5.41, 5.74) is 4.99. The van der Waals surface area contributed by atoms with Gasteiger partial charge in [-0.2, -0.15) is 0 Å². The van der Waals surface area contributed by atoms with Crippen molar-refractivity contribution in [2.24, 2.45) is 5.16 Å². The Hall–Kier alpha value is -2.62. The molecule has 2 aliphatic carbocycles. The van der Waals surface area contributed by atoms with Crippen molar-refractivity contribution in [2.75, 3.05) is 0 Å². The van der Waals surface area contributed by atoms with Gasteiger partial charge in [-0.1, -0.05) is 41.6 Å². The van der Waals surface area contributed by atoms with Crippen molar-refractivity contribution < 1.29 is 14.7 Å². The summed E-state index contributed by atoms with van der Waals surface area (Å²) >= 11 is 0. The molecule has 1 unspecified atom stereocenters. The van der Waals surface area contributed by atoms with Crippen LogP contribution in [0.3, 0.4) is 0 Å². The Labute approximate surface area is 116 Å². The number of rotatable bonds is 3. The molecule has 1 atom stereocenters. The number of fused-ring (bicyclic) bond motifs is 3. The largest absolute Gasteiger partial charge is 0.478 e. The van der Waals surface area contributed by atoms with E-state index in [-0.39, 0.29) is 0 Å². The van der Waals surface area contributed by atoms with E-state index < -0.39 is 12.1 Å². The van der Waals surface area contributed by atoms with Crippen LogP contribution in [0.2, 0.25) is 0 Å². The first kappa shape index (κ1) is 12.4. The standard InChI is InChI=1S/C16H13NO3/c1-10(16(18)19)20-17-15-8-4-7-13-12-6-3-2-5-11(12)9-14(13)15/h2-10H,1H3,(H,18,19). The van der Waals surface area contributed by atoms with Crippen LogP contribution >= 0.6 is 0 Å². The molecular weight excluding hydrogens is 254 g/mol. The average Bonchev–Trinajstić information content (AvgIpc) is 2.83. The predicted molar refractivity (Wildman–Crippen MR) is 77.2 cm³/mol. The van der Waals surface area contributed by atoms with Gasteiger partial charge in [0.1, 0.15) is 5.71 Å². The number of nitrogens with zero attached hydrogens (tertiary/aromatic N) is 1. The normalized spacial score (nSPS) is 18.9. The number of hydrogen-bond acceptors (Lipinski definition) is 3. The minimum absolute atomic E-state index is 0.645. The SMILES string of the molecule is CC(ON=C1C=CC=C2C1=Cc1ccccc12)C(=O)O. The lowest BCUT2D eigenvalue weighted by molar-refractivity contribution is -0.149. The first-order valence-electron chi connectivity index (χ1n) is 6.33. The number of carbonyl (C=O) groups is 1. The van der Waals surface area contributed by atoms with Gasteiger partial charge in [-0.3, -0.25) is 0 Å². The lowest BCUT2D eigenvalue weighted by Gasteiger charge is -2.11. The number of carboxylic acid groups (broad SMARTS) is 1. The Morgan fingerprint density at radius 2 is 2.10 bits per heavy atom. The zero-order valence-corrected chi connectivity index (χ0v) is 10.9. The van der Waals surface area contributed by atoms with Crippen LogP contribution in [0.25, 0.3) is 11.6 Å². The molecule has 2 aliphatic rings. The second-order valence-electron chi connectivity index (χ2n) is 4.65. The van der Waals surface area contributed by atoms with Gasteiger partial charge in [0.05, 0.1) is 0 Å². The lowest BCUT2D eigenvalue weighted by Crippen LogP contribution is -2.18. The van der Waals surface area contributed by atoms with Crippen molar-refractivity contribution in [3.63, 3.8) is 0 Å². The van der Waals surface area contributed by atoms with Crippen LogP contribution < -0.4 is 0 Å². The first-order valence-corrected chi connectivity index (χ1v) is 6.33. The van der Waals surface area contributed by atoms with E-state index >= 15 is 0 Å². The Kier molecular flexibility index (Phi) is 2.99. The topological polar surface area (TPSA) is 58.9 Å². The highest BCUT2D eigenvalue weighted by Crippen LogP contribution is 2.37. The average molecular weight is 267 g/mol. The zero-order valence-electron chi connectivity index (χ0n) is 10.9. The van der Waals surface area contributed by atoms with Crippen LogP contribution in [0.4, 0.5) is 0 Å². The van der Waals surface area contributed by atoms with Crippen molar-refractivity contribution in [1.82, 2.24) is 0 Å². The molecule has 100 valence electrons. The van der Waals surface area contributed by atoms with Crippen molar-refractivity contribution in [1.29, 1.82) is 0 Å². The van der Waals surface area contributed by atoms with E-state index in [2.05, 4.69) is 11.2 Å². The molecule has 0 saturated heterocycles. The Balaban J connectivity index is 1.92. The molecule has 0 spiro atoms.